The lowest BCUT2D eigenvalue weighted by Crippen LogP contribution is -2.11. The zero-order valence-corrected chi connectivity index (χ0v) is 12.4. The fourth-order valence-electron chi connectivity index (χ4n) is 1.42. The molecule has 106 valence electrons. The van der Waals surface area contributed by atoms with Crippen LogP contribution in [0.15, 0.2) is 39.8 Å². The number of hydrogen-bond acceptors (Lipinski definition) is 6. The van der Waals surface area contributed by atoms with Gasteiger partial charge in [-0.25, -0.2) is 10.8 Å². The molecule has 0 aliphatic heterocycles. The van der Waals surface area contributed by atoms with Crippen LogP contribution >= 0.6 is 27.7 Å². The summed E-state index contributed by atoms with van der Waals surface area (Å²) in [7, 11) is 0. The molecule has 2 rings (SSSR count). The van der Waals surface area contributed by atoms with Crippen LogP contribution in [0, 0.1) is 0 Å². The highest BCUT2D eigenvalue weighted by molar-refractivity contribution is 9.10. The van der Waals surface area contributed by atoms with E-state index in [1.807, 2.05) is 0 Å². The van der Waals surface area contributed by atoms with Gasteiger partial charge in [0.1, 0.15) is 5.82 Å². The van der Waals surface area contributed by atoms with E-state index in [0.717, 1.165) is 0 Å². The number of hydrazine groups is 1. The summed E-state index contributed by atoms with van der Waals surface area (Å²) in [6.07, 6.45) is 1.51. The first kappa shape index (κ1) is 14.9. The molecule has 1 aromatic heterocycles. The normalized spacial score (nSPS) is 10.7. The zero-order valence-electron chi connectivity index (χ0n) is 9.98. The minimum Gasteiger partial charge on any atom is -0.338 e. The quantitative estimate of drug-likeness (QED) is 0.429. The second kappa shape index (κ2) is 6.82. The highest BCUT2D eigenvalue weighted by Crippen LogP contribution is 2.34. The van der Waals surface area contributed by atoms with Gasteiger partial charge in [0.2, 0.25) is 5.95 Å². The van der Waals surface area contributed by atoms with Gasteiger partial charge in [-0.1, -0.05) is 23.9 Å². The van der Waals surface area contributed by atoms with Crippen LogP contribution in [0.25, 0.3) is 0 Å². The van der Waals surface area contributed by atoms with Gasteiger partial charge in [-0.15, -0.1) is 0 Å². The molecule has 1 heterocycles. The van der Waals surface area contributed by atoms with Crippen molar-refractivity contribution in [2.45, 2.75) is 10.7 Å². The molecule has 20 heavy (non-hydrogen) atoms. The van der Waals surface area contributed by atoms with Crippen molar-refractivity contribution in [1.82, 2.24) is 9.97 Å². The Morgan fingerprint density at radius 3 is 2.75 bits per heavy atom. The average molecular weight is 362 g/mol. The van der Waals surface area contributed by atoms with E-state index in [9.17, 15) is 8.78 Å². The summed E-state index contributed by atoms with van der Waals surface area (Å²) >= 11 is 3.75. The van der Waals surface area contributed by atoms with E-state index in [2.05, 4.69) is 36.6 Å². The van der Waals surface area contributed by atoms with Crippen LogP contribution in [0.5, 0.6) is 0 Å². The molecule has 0 amide bonds. The Bertz CT molecular complexity index is 599. The summed E-state index contributed by atoms with van der Waals surface area (Å²) in [5.74, 6) is 3.39. The summed E-state index contributed by atoms with van der Waals surface area (Å²) in [5, 5.41) is 2.97. The van der Waals surface area contributed by atoms with E-state index in [-0.39, 0.29) is 5.95 Å². The highest BCUT2D eigenvalue weighted by atomic mass is 79.9. The van der Waals surface area contributed by atoms with E-state index in [1.54, 1.807) is 24.3 Å². The number of alkyl halides is 2. The van der Waals surface area contributed by atoms with E-state index in [4.69, 9.17) is 5.84 Å². The van der Waals surface area contributed by atoms with Gasteiger partial charge in [-0.2, -0.15) is 13.8 Å². The van der Waals surface area contributed by atoms with Crippen LogP contribution in [0.3, 0.4) is 0 Å². The van der Waals surface area contributed by atoms with Gasteiger partial charge in [0.05, 0.1) is 10.2 Å². The number of thioether (sulfide) groups is 1. The fraction of sp³-hybridized carbons (Fsp3) is 0.0909. The Hall–Kier alpha value is -1.45. The topological polar surface area (TPSA) is 75.9 Å². The van der Waals surface area contributed by atoms with Crippen molar-refractivity contribution < 1.29 is 8.78 Å². The maximum atomic E-state index is 12.5. The number of nitrogen functional groups attached to an aromatic ring is 1. The molecule has 0 aliphatic rings. The number of nitrogens with zero attached hydrogens (tertiary/aromatic N) is 2. The second-order valence-corrected chi connectivity index (χ2v) is 5.42. The summed E-state index contributed by atoms with van der Waals surface area (Å²) < 4.78 is 25.6. The average Bonchev–Trinajstić information content (AvgIpc) is 2.43. The van der Waals surface area contributed by atoms with Gasteiger partial charge in [0.25, 0.3) is 5.76 Å². The number of anilines is 3. The molecule has 0 unspecified atom stereocenters. The lowest BCUT2D eigenvalue weighted by molar-refractivity contribution is 0.252. The number of nitrogens with one attached hydrogen (secondary N) is 2. The third-order valence-corrected chi connectivity index (χ3v) is 3.60. The highest BCUT2D eigenvalue weighted by Gasteiger charge is 2.12. The lowest BCUT2D eigenvalue weighted by Gasteiger charge is -2.12. The zero-order chi connectivity index (χ0) is 14.5. The van der Waals surface area contributed by atoms with Crippen LogP contribution in [0.4, 0.5) is 26.2 Å². The minimum absolute atomic E-state index is 0.217. The third-order valence-electron chi connectivity index (χ3n) is 2.23. The predicted molar refractivity (Wildman–Crippen MR) is 79.1 cm³/mol. The molecule has 0 saturated carbocycles. The largest absolute Gasteiger partial charge is 0.338 e. The Morgan fingerprint density at radius 1 is 1.30 bits per heavy atom. The first-order valence-corrected chi connectivity index (χ1v) is 7.07. The molecule has 5 nitrogen and oxygen atoms in total. The number of aromatic nitrogens is 2. The molecule has 0 bridgehead atoms. The maximum absolute atomic E-state index is 12.5. The van der Waals surface area contributed by atoms with Gasteiger partial charge < -0.3 is 5.32 Å². The van der Waals surface area contributed by atoms with Crippen LogP contribution in [0.1, 0.15) is 0 Å². The summed E-state index contributed by atoms with van der Waals surface area (Å²) in [6.45, 7) is 0. The monoisotopic (exact) mass is 361 g/mol. The molecule has 1 aromatic carbocycles. The maximum Gasteiger partial charge on any atom is 0.288 e. The third kappa shape index (κ3) is 3.78. The van der Waals surface area contributed by atoms with Crippen molar-refractivity contribution >= 4 is 45.1 Å². The molecule has 0 atom stereocenters. The summed E-state index contributed by atoms with van der Waals surface area (Å²) in [5.41, 5.74) is 2.85. The van der Waals surface area contributed by atoms with Crippen molar-refractivity contribution in [2.24, 2.45) is 5.84 Å². The number of benzene rings is 1. The molecule has 0 aliphatic carbocycles. The molecule has 9 heteroatoms. The first-order chi connectivity index (χ1) is 9.60. The van der Waals surface area contributed by atoms with Crippen LogP contribution in [-0.2, 0) is 0 Å². The van der Waals surface area contributed by atoms with E-state index >= 15 is 0 Å². The van der Waals surface area contributed by atoms with E-state index in [1.165, 1.54) is 6.20 Å². The van der Waals surface area contributed by atoms with Gasteiger partial charge >= 0.3 is 0 Å². The van der Waals surface area contributed by atoms with Crippen molar-refractivity contribution in [3.8, 4) is 0 Å². The number of hydrogen-bond donors (Lipinski definition) is 3. The lowest BCUT2D eigenvalue weighted by atomic mass is 10.3. The number of halogens is 3. The van der Waals surface area contributed by atoms with Crippen LogP contribution in [-0.4, -0.2) is 15.7 Å². The summed E-state index contributed by atoms with van der Waals surface area (Å²) in [4.78, 5) is 8.44. The summed E-state index contributed by atoms with van der Waals surface area (Å²) in [6, 6.07) is 6.73. The van der Waals surface area contributed by atoms with Crippen molar-refractivity contribution in [3.63, 3.8) is 0 Å². The Kier molecular flexibility index (Phi) is 5.10. The van der Waals surface area contributed by atoms with Crippen LogP contribution in [0.2, 0.25) is 0 Å². The molecular weight excluding hydrogens is 352 g/mol. The number of rotatable bonds is 5. The van der Waals surface area contributed by atoms with Gasteiger partial charge in [0, 0.05) is 11.1 Å². The first-order valence-electron chi connectivity index (χ1n) is 5.40. The SMILES string of the molecule is NNc1ncc(Br)c(Nc2ccccc2SC(F)F)n1. The Labute approximate surface area is 126 Å². The molecule has 4 N–H and O–H groups in total. The smallest absolute Gasteiger partial charge is 0.288 e. The molecule has 2 aromatic rings. The minimum atomic E-state index is -2.49. The van der Waals surface area contributed by atoms with E-state index < -0.39 is 5.76 Å². The Balaban J connectivity index is 2.30. The van der Waals surface area contributed by atoms with Gasteiger partial charge in [-0.05, 0) is 28.1 Å². The van der Waals surface area contributed by atoms with Crippen molar-refractivity contribution in [3.05, 3.63) is 34.9 Å². The number of para-hydroxylation sites is 1. The van der Waals surface area contributed by atoms with Gasteiger partial charge in [-0.3, -0.25) is 5.43 Å². The van der Waals surface area contributed by atoms with Crippen molar-refractivity contribution in [2.75, 3.05) is 10.7 Å². The molecule has 0 radical (unpaired) electrons. The van der Waals surface area contributed by atoms with Crippen molar-refractivity contribution in [1.29, 1.82) is 0 Å². The van der Waals surface area contributed by atoms with E-state index in [0.29, 0.717) is 32.6 Å². The predicted octanol–water partition coefficient (Wildman–Crippen LogP) is 3.58. The number of nitrogens with two attached hydrogens (primary N) is 1. The molecule has 0 saturated heterocycles. The fourth-order valence-corrected chi connectivity index (χ4v) is 2.31. The molecule has 0 spiro atoms. The van der Waals surface area contributed by atoms with Gasteiger partial charge in [0.15, 0.2) is 0 Å². The standard InChI is InChI=1S/C11H10BrF2N5S/c12-6-5-16-11(19-15)18-9(6)17-7-3-1-2-4-8(7)20-10(13)14/h1-5,10H,15H2,(H2,16,17,18,19). The molecule has 0 fully saturated rings. The Morgan fingerprint density at radius 2 is 2.05 bits per heavy atom. The molecular formula is C11H10BrF2N5S. The van der Waals surface area contributed by atoms with Crippen LogP contribution < -0.4 is 16.6 Å². The second-order valence-electron chi connectivity index (χ2n) is 3.53.